The van der Waals surface area contributed by atoms with E-state index in [0.717, 1.165) is 29.4 Å². The van der Waals surface area contributed by atoms with Gasteiger partial charge in [0.05, 0.1) is 4.90 Å². The smallest absolute Gasteiger partial charge is 0.272 e. The van der Waals surface area contributed by atoms with Crippen LogP contribution >= 0.6 is 0 Å². The van der Waals surface area contributed by atoms with Gasteiger partial charge in [-0.05, 0) is 31.3 Å². The largest absolute Gasteiger partial charge is 0.350 e. The molecule has 8 heteroatoms. The van der Waals surface area contributed by atoms with Gasteiger partial charge in [0.2, 0.25) is 10.0 Å². The second-order valence-electron chi connectivity index (χ2n) is 6.14. The molecule has 2 N–H and O–H groups in total. The second kappa shape index (κ2) is 5.44. The van der Waals surface area contributed by atoms with Crippen molar-refractivity contribution in [3.05, 3.63) is 40.8 Å². The lowest BCUT2D eigenvalue weighted by Crippen LogP contribution is -2.46. The van der Waals surface area contributed by atoms with E-state index in [0.29, 0.717) is 18.6 Å². The van der Waals surface area contributed by atoms with E-state index in [4.69, 9.17) is 0 Å². The average molecular weight is 346 g/mol. The summed E-state index contributed by atoms with van der Waals surface area (Å²) in [7, 11) is -1.54. The van der Waals surface area contributed by atoms with Gasteiger partial charge in [-0.3, -0.25) is 4.79 Å². The van der Waals surface area contributed by atoms with Crippen LogP contribution < -0.4 is 5.56 Å². The number of benzene rings is 1. The SMILES string of the molecule is CN1CCN(S(=O)(=O)c2ccc3[nH]c4c(=O)[nH]ccc4c3c2)CC1. The summed E-state index contributed by atoms with van der Waals surface area (Å²) in [6.07, 6.45) is 1.57. The molecule has 24 heavy (non-hydrogen) atoms. The van der Waals surface area contributed by atoms with Gasteiger partial charge in [-0.1, -0.05) is 0 Å². The molecular weight excluding hydrogens is 328 g/mol. The third-order valence-electron chi connectivity index (χ3n) is 4.60. The molecule has 0 radical (unpaired) electrons. The van der Waals surface area contributed by atoms with Crippen molar-refractivity contribution in [1.29, 1.82) is 0 Å². The molecule has 1 aliphatic heterocycles. The molecule has 4 rings (SSSR count). The topological polar surface area (TPSA) is 89.3 Å². The Bertz CT molecular complexity index is 1080. The Labute approximate surface area is 138 Å². The quantitative estimate of drug-likeness (QED) is 0.723. The van der Waals surface area contributed by atoms with E-state index in [2.05, 4.69) is 14.9 Å². The minimum absolute atomic E-state index is 0.216. The maximum absolute atomic E-state index is 12.9. The molecule has 3 aromatic rings. The highest BCUT2D eigenvalue weighted by Gasteiger charge is 2.27. The van der Waals surface area contributed by atoms with Gasteiger partial charge in [-0.2, -0.15) is 4.31 Å². The predicted octanol–water partition coefficient (Wildman–Crippen LogP) is 0.945. The Morgan fingerprint density at radius 2 is 1.79 bits per heavy atom. The zero-order valence-corrected chi connectivity index (χ0v) is 14.1. The minimum atomic E-state index is -3.53. The van der Waals surface area contributed by atoms with Crippen LogP contribution in [-0.2, 0) is 10.0 Å². The molecule has 1 fully saturated rings. The summed E-state index contributed by atoms with van der Waals surface area (Å²) in [6.45, 7) is 2.43. The third kappa shape index (κ3) is 2.34. The van der Waals surface area contributed by atoms with Crippen LogP contribution in [0.1, 0.15) is 0 Å². The molecule has 1 saturated heterocycles. The minimum Gasteiger partial charge on any atom is -0.350 e. The molecule has 2 aromatic heterocycles. The first-order valence-corrected chi connectivity index (χ1v) is 9.23. The van der Waals surface area contributed by atoms with E-state index >= 15 is 0 Å². The number of aromatic amines is 2. The van der Waals surface area contributed by atoms with E-state index in [1.807, 2.05) is 7.05 Å². The lowest BCUT2D eigenvalue weighted by molar-refractivity contribution is 0.222. The molecule has 0 unspecified atom stereocenters. The summed E-state index contributed by atoms with van der Waals surface area (Å²) in [4.78, 5) is 19.9. The molecule has 0 aliphatic carbocycles. The number of likely N-dealkylation sites (N-methyl/N-ethyl adjacent to an activating group) is 1. The molecular formula is C16H18N4O3S. The molecule has 126 valence electrons. The Kier molecular flexibility index (Phi) is 3.48. The van der Waals surface area contributed by atoms with Crippen LogP contribution in [0.4, 0.5) is 0 Å². The lowest BCUT2D eigenvalue weighted by atomic mass is 10.2. The van der Waals surface area contributed by atoms with Crippen molar-refractivity contribution >= 4 is 31.8 Å². The first-order chi connectivity index (χ1) is 11.5. The van der Waals surface area contributed by atoms with Gasteiger partial charge in [0.1, 0.15) is 5.52 Å². The first-order valence-electron chi connectivity index (χ1n) is 7.78. The Morgan fingerprint density at radius 3 is 2.54 bits per heavy atom. The van der Waals surface area contributed by atoms with E-state index in [9.17, 15) is 13.2 Å². The predicted molar refractivity (Wildman–Crippen MR) is 92.7 cm³/mol. The summed E-state index contributed by atoms with van der Waals surface area (Å²) in [5, 5.41) is 1.47. The standard InChI is InChI=1S/C16H18N4O3S/c1-19-6-8-20(9-7-19)24(22,23)11-2-3-14-13(10-11)12-4-5-17-16(21)15(12)18-14/h2-5,10,18H,6-9H2,1H3,(H,17,21). The number of fused-ring (bicyclic) bond motifs is 3. The van der Waals surface area contributed by atoms with Crippen LogP contribution in [-0.4, -0.2) is 60.8 Å². The maximum Gasteiger partial charge on any atom is 0.272 e. The molecule has 0 amide bonds. The number of piperazine rings is 1. The van der Waals surface area contributed by atoms with Gasteiger partial charge in [0.25, 0.3) is 5.56 Å². The van der Waals surface area contributed by atoms with E-state index in [-0.39, 0.29) is 10.5 Å². The van der Waals surface area contributed by atoms with Crippen molar-refractivity contribution in [2.75, 3.05) is 33.2 Å². The number of nitrogens with one attached hydrogen (secondary N) is 2. The maximum atomic E-state index is 12.9. The number of H-pyrrole nitrogens is 2. The van der Waals surface area contributed by atoms with Crippen molar-refractivity contribution in [2.24, 2.45) is 0 Å². The average Bonchev–Trinajstić information content (AvgIpc) is 2.95. The summed E-state index contributed by atoms with van der Waals surface area (Å²) < 4.78 is 27.3. The lowest BCUT2D eigenvalue weighted by Gasteiger charge is -2.31. The fourth-order valence-electron chi connectivity index (χ4n) is 3.15. The van der Waals surface area contributed by atoms with Crippen molar-refractivity contribution in [3.63, 3.8) is 0 Å². The number of nitrogens with zero attached hydrogens (tertiary/aromatic N) is 2. The number of pyridine rings is 1. The highest BCUT2D eigenvalue weighted by atomic mass is 32.2. The molecule has 1 aromatic carbocycles. The highest BCUT2D eigenvalue weighted by Crippen LogP contribution is 2.27. The van der Waals surface area contributed by atoms with E-state index in [1.54, 1.807) is 30.5 Å². The second-order valence-corrected chi connectivity index (χ2v) is 8.07. The van der Waals surface area contributed by atoms with Crippen LogP contribution in [0.15, 0.2) is 40.2 Å². The zero-order chi connectivity index (χ0) is 16.9. The van der Waals surface area contributed by atoms with E-state index in [1.165, 1.54) is 4.31 Å². The van der Waals surface area contributed by atoms with Gasteiger partial charge >= 0.3 is 0 Å². The van der Waals surface area contributed by atoms with Gasteiger partial charge < -0.3 is 14.9 Å². The summed E-state index contributed by atoms with van der Waals surface area (Å²) in [5.41, 5.74) is 0.993. The number of aromatic nitrogens is 2. The number of hydrogen-bond acceptors (Lipinski definition) is 4. The molecule has 0 bridgehead atoms. The normalized spacial score (nSPS) is 17.7. The molecule has 0 saturated carbocycles. The molecule has 7 nitrogen and oxygen atoms in total. The molecule has 0 atom stereocenters. The van der Waals surface area contributed by atoms with Crippen molar-refractivity contribution in [3.8, 4) is 0 Å². The molecule has 0 spiro atoms. The van der Waals surface area contributed by atoms with Gasteiger partial charge in [-0.25, -0.2) is 8.42 Å². The van der Waals surface area contributed by atoms with Crippen LogP contribution in [0.5, 0.6) is 0 Å². The van der Waals surface area contributed by atoms with Crippen LogP contribution in [0.25, 0.3) is 21.8 Å². The monoisotopic (exact) mass is 346 g/mol. The zero-order valence-electron chi connectivity index (χ0n) is 13.2. The fraction of sp³-hybridized carbons (Fsp3) is 0.312. The van der Waals surface area contributed by atoms with Crippen LogP contribution in [0, 0.1) is 0 Å². The first kappa shape index (κ1) is 15.4. The van der Waals surface area contributed by atoms with Crippen molar-refractivity contribution in [2.45, 2.75) is 4.90 Å². The molecule has 3 heterocycles. The van der Waals surface area contributed by atoms with Crippen molar-refractivity contribution in [1.82, 2.24) is 19.2 Å². The number of rotatable bonds is 2. The van der Waals surface area contributed by atoms with Crippen LogP contribution in [0.2, 0.25) is 0 Å². The Balaban J connectivity index is 1.84. The Morgan fingerprint density at radius 1 is 1.04 bits per heavy atom. The van der Waals surface area contributed by atoms with E-state index < -0.39 is 10.0 Å². The molecule has 1 aliphatic rings. The Hall–Kier alpha value is -2.16. The van der Waals surface area contributed by atoms with Gasteiger partial charge in [0, 0.05) is 48.7 Å². The summed E-state index contributed by atoms with van der Waals surface area (Å²) >= 11 is 0. The number of hydrogen-bond donors (Lipinski definition) is 2. The van der Waals surface area contributed by atoms with Gasteiger partial charge in [-0.15, -0.1) is 0 Å². The third-order valence-corrected chi connectivity index (χ3v) is 6.50. The summed E-state index contributed by atoms with van der Waals surface area (Å²) in [5.74, 6) is 0. The summed E-state index contributed by atoms with van der Waals surface area (Å²) in [6, 6.07) is 6.75. The highest BCUT2D eigenvalue weighted by molar-refractivity contribution is 7.89. The van der Waals surface area contributed by atoms with Gasteiger partial charge in [0.15, 0.2) is 0 Å². The number of sulfonamides is 1. The van der Waals surface area contributed by atoms with Crippen molar-refractivity contribution < 1.29 is 8.42 Å². The van der Waals surface area contributed by atoms with Crippen LogP contribution in [0.3, 0.4) is 0 Å². The fourth-order valence-corrected chi connectivity index (χ4v) is 4.60.